The zero-order valence-corrected chi connectivity index (χ0v) is 31.4. The number of methoxy groups -OCH3 is 3. The zero-order valence-electron chi connectivity index (χ0n) is 26.9. The van der Waals surface area contributed by atoms with Gasteiger partial charge in [0.05, 0.1) is 34.4 Å². The van der Waals surface area contributed by atoms with E-state index in [1.54, 1.807) is 63.2 Å². The van der Waals surface area contributed by atoms with Gasteiger partial charge in [0.2, 0.25) is 11.8 Å². The van der Waals surface area contributed by atoms with Crippen molar-refractivity contribution in [1.82, 2.24) is 16.0 Å². The van der Waals surface area contributed by atoms with E-state index in [9.17, 15) is 19.2 Å². The molecular formula is C33H34BrClIN3O9. The van der Waals surface area contributed by atoms with E-state index in [2.05, 4.69) is 31.9 Å². The summed E-state index contributed by atoms with van der Waals surface area (Å²) in [6.45, 7) is 5.05. The molecule has 3 aromatic rings. The Morgan fingerprint density at radius 2 is 1.67 bits per heavy atom. The Morgan fingerprint density at radius 3 is 2.25 bits per heavy atom. The van der Waals surface area contributed by atoms with Gasteiger partial charge in [0.25, 0.3) is 0 Å². The summed E-state index contributed by atoms with van der Waals surface area (Å²) in [5.74, 6) is -0.960. The lowest BCUT2D eigenvalue weighted by Gasteiger charge is -2.27. The molecule has 2 heterocycles. The highest BCUT2D eigenvalue weighted by molar-refractivity contribution is 14.1. The molecule has 4 bridgehead atoms. The minimum absolute atomic E-state index is 0.0141. The molecule has 2 aliphatic rings. The predicted molar refractivity (Wildman–Crippen MR) is 189 cm³/mol. The average Bonchev–Trinajstić information content (AvgIpc) is 3.02. The van der Waals surface area contributed by atoms with Crippen molar-refractivity contribution in [2.75, 3.05) is 21.3 Å². The molecule has 12 nitrogen and oxygen atoms in total. The maximum absolute atomic E-state index is 14.2. The van der Waals surface area contributed by atoms with Crippen LogP contribution in [0, 0.1) is 3.57 Å². The van der Waals surface area contributed by atoms with E-state index >= 15 is 0 Å². The van der Waals surface area contributed by atoms with Gasteiger partial charge in [0, 0.05) is 6.42 Å². The summed E-state index contributed by atoms with van der Waals surface area (Å²) in [6.07, 6.45) is -0.900. The Kier molecular flexibility index (Phi) is 12.1. The lowest BCUT2D eigenvalue weighted by Crippen LogP contribution is -2.50. The molecule has 15 heteroatoms. The molecule has 0 aliphatic carbocycles. The SMILES string of the molecule is COC(=O)[C@@H]1Cc2cc(Cl)c(c(Br)c2)Oc2cc(cc(I)c2OC)[C@@H](NC(=O)OC(C)(C)C)C(=O)N[C@H](c2ccc(OC)cc2)C(=O)N1. The highest BCUT2D eigenvalue weighted by atomic mass is 127. The quantitative estimate of drug-likeness (QED) is 0.203. The largest absolute Gasteiger partial charge is 0.497 e. The first kappa shape index (κ1) is 37.1. The molecule has 0 saturated carbocycles. The van der Waals surface area contributed by atoms with Crippen molar-refractivity contribution in [2.45, 2.75) is 50.9 Å². The predicted octanol–water partition coefficient (Wildman–Crippen LogP) is 6.15. The van der Waals surface area contributed by atoms with Gasteiger partial charge in [0.1, 0.15) is 29.5 Å². The molecule has 256 valence electrons. The van der Waals surface area contributed by atoms with Crippen LogP contribution in [0.3, 0.4) is 0 Å². The number of hydrogen-bond donors (Lipinski definition) is 3. The average molecular weight is 859 g/mol. The van der Waals surface area contributed by atoms with Gasteiger partial charge in [0.15, 0.2) is 17.2 Å². The van der Waals surface area contributed by atoms with E-state index in [1.165, 1.54) is 27.4 Å². The molecule has 0 aromatic heterocycles. The Labute approximate surface area is 304 Å². The van der Waals surface area contributed by atoms with Crippen LogP contribution >= 0.6 is 50.1 Å². The van der Waals surface area contributed by atoms with Crippen molar-refractivity contribution >= 4 is 74.0 Å². The maximum Gasteiger partial charge on any atom is 0.408 e. The molecule has 48 heavy (non-hydrogen) atoms. The van der Waals surface area contributed by atoms with Crippen molar-refractivity contribution < 1.29 is 42.9 Å². The van der Waals surface area contributed by atoms with Gasteiger partial charge in [-0.05, 0) is 112 Å². The Bertz CT molecular complexity index is 1690. The number of fused-ring (bicyclic) bond motifs is 9. The summed E-state index contributed by atoms with van der Waals surface area (Å²) >= 11 is 12.2. The number of rotatable bonds is 5. The Hall–Kier alpha value is -3.76. The first-order valence-corrected chi connectivity index (χ1v) is 16.7. The third-order valence-corrected chi connectivity index (χ3v) is 8.67. The third kappa shape index (κ3) is 9.02. The number of amides is 3. The van der Waals surface area contributed by atoms with Crippen LogP contribution in [0.2, 0.25) is 5.02 Å². The molecule has 0 saturated heterocycles. The van der Waals surface area contributed by atoms with Crippen LogP contribution < -0.4 is 30.2 Å². The summed E-state index contributed by atoms with van der Waals surface area (Å²) < 4.78 is 28.6. The molecule has 0 unspecified atom stereocenters. The van der Waals surface area contributed by atoms with E-state index in [1.807, 2.05) is 22.6 Å². The fourth-order valence-electron chi connectivity index (χ4n) is 4.84. The summed E-state index contributed by atoms with van der Waals surface area (Å²) in [4.78, 5) is 54.3. The second-order valence-electron chi connectivity index (χ2n) is 11.6. The Balaban J connectivity index is 1.94. The van der Waals surface area contributed by atoms with Gasteiger partial charge < -0.3 is 39.6 Å². The molecule has 3 aromatic carbocycles. The number of alkyl carbamates (subject to hydrolysis) is 1. The molecule has 3 N–H and O–H groups in total. The van der Waals surface area contributed by atoms with Crippen LogP contribution in [0.4, 0.5) is 4.79 Å². The summed E-state index contributed by atoms with van der Waals surface area (Å²) in [6, 6.07) is 9.00. The van der Waals surface area contributed by atoms with Crippen LogP contribution in [0.25, 0.3) is 0 Å². The lowest BCUT2D eigenvalue weighted by molar-refractivity contribution is -0.145. The van der Waals surface area contributed by atoms with Gasteiger partial charge in [-0.1, -0.05) is 23.7 Å². The minimum atomic E-state index is -1.40. The van der Waals surface area contributed by atoms with Crippen molar-refractivity contribution in [2.24, 2.45) is 0 Å². The van der Waals surface area contributed by atoms with Gasteiger partial charge in [-0.2, -0.15) is 0 Å². The second-order valence-corrected chi connectivity index (χ2v) is 14.0. The van der Waals surface area contributed by atoms with E-state index in [0.717, 1.165) is 0 Å². The molecule has 3 amide bonds. The second kappa shape index (κ2) is 15.6. The zero-order chi connectivity index (χ0) is 35.3. The normalized spacial score (nSPS) is 18.1. The number of nitrogens with one attached hydrogen (secondary N) is 3. The van der Waals surface area contributed by atoms with E-state index in [4.69, 9.17) is 35.3 Å². The number of halogens is 3. The van der Waals surface area contributed by atoms with Crippen LogP contribution in [0.5, 0.6) is 23.0 Å². The van der Waals surface area contributed by atoms with Crippen molar-refractivity contribution in [3.8, 4) is 23.0 Å². The first-order chi connectivity index (χ1) is 22.6. The van der Waals surface area contributed by atoms with E-state index < -0.39 is 47.6 Å². The molecular weight excluding hydrogens is 825 g/mol. The summed E-state index contributed by atoms with van der Waals surface area (Å²) in [5.41, 5.74) is 0.330. The van der Waals surface area contributed by atoms with E-state index in [-0.39, 0.29) is 28.5 Å². The van der Waals surface area contributed by atoms with Crippen LogP contribution in [-0.2, 0) is 30.3 Å². The molecule has 0 spiro atoms. The van der Waals surface area contributed by atoms with Crippen molar-refractivity contribution in [1.29, 1.82) is 0 Å². The van der Waals surface area contributed by atoms with Crippen molar-refractivity contribution in [3.63, 3.8) is 0 Å². The fourth-order valence-corrected chi connectivity index (χ4v) is 6.67. The van der Waals surface area contributed by atoms with Gasteiger partial charge in [-0.3, -0.25) is 9.59 Å². The highest BCUT2D eigenvalue weighted by Gasteiger charge is 2.34. The first-order valence-electron chi connectivity index (χ1n) is 14.5. The summed E-state index contributed by atoms with van der Waals surface area (Å²) in [7, 11) is 4.16. The fraction of sp³-hybridized carbons (Fsp3) is 0.333. The summed E-state index contributed by atoms with van der Waals surface area (Å²) in [5, 5.41) is 8.27. The highest BCUT2D eigenvalue weighted by Crippen LogP contribution is 2.43. The van der Waals surface area contributed by atoms with Gasteiger partial charge >= 0.3 is 12.1 Å². The molecule has 5 rings (SSSR count). The van der Waals surface area contributed by atoms with Gasteiger partial charge in [-0.25, -0.2) is 9.59 Å². The van der Waals surface area contributed by atoms with Crippen LogP contribution in [0.1, 0.15) is 49.5 Å². The molecule has 2 aliphatic heterocycles. The third-order valence-electron chi connectivity index (χ3n) is 7.00. The maximum atomic E-state index is 14.2. The molecule has 0 radical (unpaired) electrons. The smallest absolute Gasteiger partial charge is 0.408 e. The molecule has 0 fully saturated rings. The van der Waals surface area contributed by atoms with Crippen molar-refractivity contribution in [3.05, 3.63) is 78.3 Å². The monoisotopic (exact) mass is 857 g/mol. The number of carbonyl (C=O) groups excluding carboxylic acids is 4. The number of ether oxygens (including phenoxy) is 5. The topological polar surface area (TPSA) is 151 Å². The van der Waals surface area contributed by atoms with Crippen LogP contribution in [0.15, 0.2) is 53.0 Å². The standard InChI is InChI=1S/C33H34BrClIN3O9/c1-33(2,3)48-32(43)39-26-18-14-22(36)28(45-5)24(15-18)47-27-20(34)11-16(12-21(27)35)13-23(31(42)46-6)37-29(40)25(38-30(26)41)17-7-9-19(44-4)10-8-17/h7-12,14-15,23,25-26H,13H2,1-6H3,(H,37,40)(H,38,41)(H,39,43)/t23-,25+,26+/m0/s1. The number of benzene rings is 3. The number of esters is 1. The number of carbonyl (C=O) groups is 4. The molecule has 3 atom stereocenters. The lowest BCUT2D eigenvalue weighted by atomic mass is 10.0. The Morgan fingerprint density at radius 1 is 0.979 bits per heavy atom. The minimum Gasteiger partial charge on any atom is -0.497 e. The number of hydrogen-bond acceptors (Lipinski definition) is 9. The van der Waals surface area contributed by atoms with Crippen LogP contribution in [-0.4, -0.2) is 56.8 Å². The van der Waals surface area contributed by atoms with Gasteiger partial charge in [-0.15, -0.1) is 0 Å². The van der Waals surface area contributed by atoms with E-state index in [0.29, 0.717) is 30.7 Å².